The summed E-state index contributed by atoms with van der Waals surface area (Å²) in [7, 11) is 0. The SMILES string of the molecule is Nc1ncnc(N2CCC(c3nc(-c4ccc5[nH]ncc5c4)cn3CCN3CCC3)CC2)c1N. The second-order valence-electron chi connectivity index (χ2n) is 9.30. The zero-order valence-corrected chi connectivity index (χ0v) is 19.2. The molecule has 0 bridgehead atoms. The van der Waals surface area contributed by atoms with E-state index in [2.05, 4.69) is 58.9 Å². The van der Waals surface area contributed by atoms with Crippen molar-refractivity contribution >= 4 is 28.2 Å². The molecule has 0 aliphatic carbocycles. The van der Waals surface area contributed by atoms with Gasteiger partial charge in [-0.2, -0.15) is 5.10 Å². The third-order valence-electron chi connectivity index (χ3n) is 7.20. The van der Waals surface area contributed by atoms with Gasteiger partial charge in [-0.25, -0.2) is 15.0 Å². The maximum absolute atomic E-state index is 6.15. The quantitative estimate of drug-likeness (QED) is 0.402. The standard InChI is InChI=1S/C24H30N10/c25-21-22(26)27-15-28-24(21)33-8-4-16(5-9-33)23-30-20(14-34(23)11-10-32-6-1-7-32)17-2-3-19-18(12-17)13-29-31-19/h2-3,12-16H,1,4-11,25H2,(H,29,31)(H2,26,27,28). The first-order valence-electron chi connectivity index (χ1n) is 12.0. The summed E-state index contributed by atoms with van der Waals surface area (Å²) in [6.45, 7) is 6.16. The summed E-state index contributed by atoms with van der Waals surface area (Å²) in [5.74, 6) is 2.64. The van der Waals surface area contributed by atoms with Crippen molar-refractivity contribution in [1.29, 1.82) is 0 Å². The fourth-order valence-corrected chi connectivity index (χ4v) is 5.03. The predicted octanol–water partition coefficient (Wildman–Crippen LogP) is 2.47. The lowest BCUT2D eigenvalue weighted by Gasteiger charge is -2.34. The van der Waals surface area contributed by atoms with Gasteiger partial charge >= 0.3 is 0 Å². The Morgan fingerprint density at radius 1 is 1.03 bits per heavy atom. The van der Waals surface area contributed by atoms with Gasteiger partial charge in [0.25, 0.3) is 0 Å². The van der Waals surface area contributed by atoms with Crippen molar-refractivity contribution in [2.75, 3.05) is 49.1 Å². The van der Waals surface area contributed by atoms with E-state index >= 15 is 0 Å². The number of nitrogens with one attached hydrogen (secondary N) is 1. The zero-order valence-electron chi connectivity index (χ0n) is 19.2. The van der Waals surface area contributed by atoms with Gasteiger partial charge in [-0.1, -0.05) is 6.07 Å². The Labute approximate surface area is 198 Å². The largest absolute Gasteiger partial charge is 0.393 e. The Morgan fingerprint density at radius 2 is 1.88 bits per heavy atom. The van der Waals surface area contributed by atoms with Crippen LogP contribution in [-0.2, 0) is 6.54 Å². The predicted molar refractivity (Wildman–Crippen MR) is 133 cm³/mol. The lowest BCUT2D eigenvalue weighted by atomic mass is 9.95. The molecule has 0 radical (unpaired) electrons. The number of aromatic nitrogens is 6. The van der Waals surface area contributed by atoms with Crippen molar-refractivity contribution in [3.05, 3.63) is 42.7 Å². The monoisotopic (exact) mass is 458 g/mol. The maximum Gasteiger partial charge on any atom is 0.157 e. The molecule has 5 N–H and O–H groups in total. The Kier molecular flexibility index (Phi) is 5.29. The molecule has 3 aromatic heterocycles. The number of H-pyrrole nitrogens is 1. The van der Waals surface area contributed by atoms with Crippen molar-refractivity contribution in [3.8, 4) is 11.3 Å². The molecule has 0 spiro atoms. The molecule has 34 heavy (non-hydrogen) atoms. The highest BCUT2D eigenvalue weighted by molar-refractivity contribution is 5.83. The fourth-order valence-electron chi connectivity index (χ4n) is 5.03. The first-order chi connectivity index (χ1) is 16.7. The Balaban J connectivity index is 1.25. The van der Waals surface area contributed by atoms with Crippen molar-refractivity contribution in [2.45, 2.75) is 31.7 Å². The Bertz CT molecular complexity index is 1300. The smallest absolute Gasteiger partial charge is 0.157 e. The van der Waals surface area contributed by atoms with Crippen LogP contribution in [-0.4, -0.2) is 67.3 Å². The summed E-state index contributed by atoms with van der Waals surface area (Å²) in [5.41, 5.74) is 15.7. The molecule has 2 fully saturated rings. The van der Waals surface area contributed by atoms with Gasteiger partial charge in [-0.15, -0.1) is 0 Å². The van der Waals surface area contributed by atoms with Crippen LogP contribution in [0.1, 0.15) is 31.0 Å². The van der Waals surface area contributed by atoms with Crippen LogP contribution in [0.15, 0.2) is 36.9 Å². The summed E-state index contributed by atoms with van der Waals surface area (Å²) < 4.78 is 2.38. The summed E-state index contributed by atoms with van der Waals surface area (Å²) in [6, 6.07) is 6.36. The van der Waals surface area contributed by atoms with Gasteiger partial charge in [-0.3, -0.25) is 5.10 Å². The summed E-state index contributed by atoms with van der Waals surface area (Å²) in [5, 5.41) is 8.28. The number of piperidine rings is 1. The van der Waals surface area contributed by atoms with Gasteiger partial charge in [0.15, 0.2) is 11.6 Å². The number of anilines is 3. The molecular weight excluding hydrogens is 428 g/mol. The highest BCUT2D eigenvalue weighted by Crippen LogP contribution is 2.34. The minimum atomic E-state index is 0.341. The molecule has 2 aliphatic heterocycles. The highest BCUT2D eigenvalue weighted by atomic mass is 15.2. The van der Waals surface area contributed by atoms with E-state index in [-0.39, 0.29) is 0 Å². The van der Waals surface area contributed by atoms with Gasteiger partial charge in [0, 0.05) is 49.2 Å². The lowest BCUT2D eigenvalue weighted by molar-refractivity contribution is 0.173. The van der Waals surface area contributed by atoms with Crippen LogP contribution in [0.4, 0.5) is 17.3 Å². The molecule has 6 rings (SSSR count). The van der Waals surface area contributed by atoms with Gasteiger partial charge < -0.3 is 25.8 Å². The highest BCUT2D eigenvalue weighted by Gasteiger charge is 2.27. The molecule has 10 nitrogen and oxygen atoms in total. The van der Waals surface area contributed by atoms with E-state index < -0.39 is 0 Å². The number of hydrogen-bond acceptors (Lipinski definition) is 8. The summed E-state index contributed by atoms with van der Waals surface area (Å²) >= 11 is 0. The normalized spacial score (nSPS) is 17.4. The molecule has 176 valence electrons. The molecule has 0 unspecified atom stereocenters. The summed E-state index contributed by atoms with van der Waals surface area (Å²) in [4.78, 5) is 18.3. The number of nitrogens with two attached hydrogens (primary N) is 2. The van der Waals surface area contributed by atoms with Crippen LogP contribution < -0.4 is 16.4 Å². The molecule has 4 aromatic rings. The maximum atomic E-state index is 6.15. The van der Waals surface area contributed by atoms with Crippen LogP contribution in [0.3, 0.4) is 0 Å². The fraction of sp³-hybridized carbons (Fsp3) is 0.417. The molecule has 2 saturated heterocycles. The van der Waals surface area contributed by atoms with Crippen molar-refractivity contribution in [3.63, 3.8) is 0 Å². The third kappa shape index (κ3) is 3.83. The Hall–Kier alpha value is -3.66. The van der Waals surface area contributed by atoms with E-state index in [0.717, 1.165) is 67.0 Å². The van der Waals surface area contributed by atoms with E-state index in [1.165, 1.54) is 31.7 Å². The molecular formula is C24H30N10. The van der Waals surface area contributed by atoms with Gasteiger partial charge in [0.2, 0.25) is 0 Å². The Morgan fingerprint density at radius 3 is 2.68 bits per heavy atom. The molecule has 0 atom stereocenters. The van der Waals surface area contributed by atoms with Crippen LogP contribution >= 0.6 is 0 Å². The minimum Gasteiger partial charge on any atom is -0.393 e. The van der Waals surface area contributed by atoms with Crippen molar-refractivity contribution in [1.82, 2.24) is 34.6 Å². The van der Waals surface area contributed by atoms with E-state index in [4.69, 9.17) is 16.5 Å². The first-order valence-corrected chi connectivity index (χ1v) is 12.0. The second kappa shape index (κ2) is 8.60. The van der Waals surface area contributed by atoms with Gasteiger partial charge in [0.05, 0.1) is 17.4 Å². The third-order valence-corrected chi connectivity index (χ3v) is 7.20. The number of nitrogens with zero attached hydrogens (tertiary/aromatic N) is 7. The number of hydrogen-bond donors (Lipinski definition) is 3. The van der Waals surface area contributed by atoms with E-state index in [0.29, 0.717) is 17.4 Å². The molecule has 0 saturated carbocycles. The number of likely N-dealkylation sites (tertiary alicyclic amines) is 1. The average Bonchev–Trinajstić information content (AvgIpc) is 3.47. The molecule has 1 aromatic carbocycles. The first kappa shape index (κ1) is 20.9. The number of benzene rings is 1. The van der Waals surface area contributed by atoms with E-state index in [1.54, 1.807) is 0 Å². The lowest BCUT2D eigenvalue weighted by Crippen LogP contribution is -2.39. The molecule has 5 heterocycles. The van der Waals surface area contributed by atoms with Crippen molar-refractivity contribution in [2.24, 2.45) is 0 Å². The molecule has 0 amide bonds. The average molecular weight is 459 g/mol. The van der Waals surface area contributed by atoms with Crippen molar-refractivity contribution < 1.29 is 0 Å². The van der Waals surface area contributed by atoms with Crippen LogP contribution in [0.25, 0.3) is 22.2 Å². The zero-order chi connectivity index (χ0) is 23.1. The summed E-state index contributed by atoms with van der Waals surface area (Å²) in [6.07, 6.45) is 8.86. The molecule has 10 heteroatoms. The molecule has 2 aliphatic rings. The van der Waals surface area contributed by atoms with Crippen LogP contribution in [0.5, 0.6) is 0 Å². The van der Waals surface area contributed by atoms with E-state index in [9.17, 15) is 0 Å². The second-order valence-corrected chi connectivity index (χ2v) is 9.30. The number of fused-ring (bicyclic) bond motifs is 1. The van der Waals surface area contributed by atoms with E-state index in [1.807, 2.05) is 6.20 Å². The van der Waals surface area contributed by atoms with Crippen LogP contribution in [0.2, 0.25) is 0 Å². The minimum absolute atomic E-state index is 0.341. The number of imidazole rings is 1. The van der Waals surface area contributed by atoms with Crippen LogP contribution in [0, 0.1) is 0 Å². The number of aromatic amines is 1. The number of rotatable bonds is 6. The van der Waals surface area contributed by atoms with Gasteiger partial charge in [-0.05, 0) is 44.5 Å². The number of nitrogen functional groups attached to an aromatic ring is 2. The topological polar surface area (TPSA) is 131 Å². The van der Waals surface area contributed by atoms with Gasteiger partial charge in [0.1, 0.15) is 17.8 Å².